The van der Waals surface area contributed by atoms with E-state index >= 15 is 0 Å². The molecule has 1 saturated carbocycles. The molecule has 2 fully saturated rings. The first-order chi connectivity index (χ1) is 13.3. The van der Waals surface area contributed by atoms with E-state index in [-0.39, 0.29) is 35.0 Å². The van der Waals surface area contributed by atoms with Crippen LogP contribution in [0.2, 0.25) is 0 Å². The molecule has 1 aromatic carbocycles. The molecule has 0 aromatic heterocycles. The largest absolute Gasteiger partial charge is 0.490 e. The maximum atomic E-state index is 13.2. The quantitative estimate of drug-likeness (QED) is 0.736. The van der Waals surface area contributed by atoms with Gasteiger partial charge in [-0.15, -0.1) is 0 Å². The number of benzene rings is 1. The molecule has 1 aliphatic heterocycles. The Morgan fingerprint density at radius 2 is 1.71 bits per heavy atom. The summed E-state index contributed by atoms with van der Waals surface area (Å²) in [7, 11) is -3.62. The predicted octanol–water partition coefficient (Wildman–Crippen LogP) is 3.24. The smallest absolute Gasteiger partial charge is 0.243 e. The third-order valence-corrected chi connectivity index (χ3v) is 7.80. The van der Waals surface area contributed by atoms with E-state index in [1.54, 1.807) is 28.6 Å². The number of nitrogens with one attached hydrogen (secondary N) is 1. The summed E-state index contributed by atoms with van der Waals surface area (Å²) < 4.78 is 34.0. The fourth-order valence-corrected chi connectivity index (χ4v) is 6.27. The molecule has 0 bridgehead atoms. The molecule has 1 N–H and O–H groups in total. The van der Waals surface area contributed by atoms with Gasteiger partial charge in [-0.25, -0.2) is 8.42 Å². The average Bonchev–Trinajstić information content (AvgIpc) is 3.14. The van der Waals surface area contributed by atoms with Crippen LogP contribution in [0.3, 0.4) is 0 Å². The zero-order valence-electron chi connectivity index (χ0n) is 16.6. The fourth-order valence-electron chi connectivity index (χ4n) is 4.42. The number of carbonyl (C=O) groups excluding carboxylic acids is 1. The Morgan fingerprint density at radius 3 is 2.25 bits per heavy atom. The van der Waals surface area contributed by atoms with Gasteiger partial charge in [-0.2, -0.15) is 4.31 Å². The second-order valence-electron chi connectivity index (χ2n) is 7.91. The van der Waals surface area contributed by atoms with Gasteiger partial charge in [-0.05, 0) is 82.7 Å². The highest BCUT2D eigenvalue weighted by Gasteiger charge is 2.39. The van der Waals surface area contributed by atoms with Crippen molar-refractivity contribution in [2.45, 2.75) is 81.5 Å². The monoisotopic (exact) mass is 406 g/mol. The molecule has 1 amide bonds. The van der Waals surface area contributed by atoms with Crippen molar-refractivity contribution in [1.29, 1.82) is 0 Å². The molecule has 2 atom stereocenters. The number of carbonyl (C=O) groups is 1. The van der Waals surface area contributed by atoms with Gasteiger partial charge >= 0.3 is 0 Å². The third kappa shape index (κ3) is 4.58. The SMILES string of the molecule is C=CC(=O)NC1CC(C)N(S(=O)(=O)c2ccc(OC3CCCC3)cc2)C(C)C1. The number of hydrogen-bond acceptors (Lipinski definition) is 4. The molecule has 154 valence electrons. The lowest BCUT2D eigenvalue weighted by molar-refractivity contribution is -0.117. The molecule has 1 saturated heterocycles. The van der Waals surface area contributed by atoms with Crippen LogP contribution in [0.5, 0.6) is 5.75 Å². The Labute approximate surface area is 168 Å². The molecule has 1 aromatic rings. The Kier molecular flexibility index (Phi) is 6.45. The van der Waals surface area contributed by atoms with E-state index in [0.29, 0.717) is 12.8 Å². The van der Waals surface area contributed by atoms with Crippen LogP contribution < -0.4 is 10.1 Å². The molecular formula is C21H30N2O4S. The third-order valence-electron chi connectivity index (χ3n) is 5.66. The summed E-state index contributed by atoms with van der Waals surface area (Å²) in [5.74, 6) is 0.497. The van der Waals surface area contributed by atoms with Gasteiger partial charge in [0.1, 0.15) is 5.75 Å². The molecule has 1 heterocycles. The highest BCUT2D eigenvalue weighted by Crippen LogP contribution is 2.31. The molecule has 0 spiro atoms. The van der Waals surface area contributed by atoms with Crippen molar-refractivity contribution in [3.8, 4) is 5.75 Å². The van der Waals surface area contributed by atoms with E-state index in [9.17, 15) is 13.2 Å². The van der Waals surface area contributed by atoms with Crippen LogP contribution in [0.4, 0.5) is 0 Å². The van der Waals surface area contributed by atoms with Crippen LogP contribution in [0.25, 0.3) is 0 Å². The molecular weight excluding hydrogens is 376 g/mol. The topological polar surface area (TPSA) is 75.7 Å². The summed E-state index contributed by atoms with van der Waals surface area (Å²) in [5.41, 5.74) is 0. The summed E-state index contributed by atoms with van der Waals surface area (Å²) in [5, 5.41) is 2.89. The van der Waals surface area contributed by atoms with Crippen LogP contribution in [0.1, 0.15) is 52.4 Å². The number of sulfonamides is 1. The Hall–Kier alpha value is -1.86. The number of ether oxygens (including phenoxy) is 1. The normalized spacial score (nSPS) is 26.7. The van der Waals surface area contributed by atoms with Crippen LogP contribution >= 0.6 is 0 Å². The molecule has 1 aliphatic carbocycles. The van der Waals surface area contributed by atoms with Gasteiger partial charge in [0, 0.05) is 18.1 Å². The van der Waals surface area contributed by atoms with Crippen molar-refractivity contribution in [2.75, 3.05) is 0 Å². The minimum Gasteiger partial charge on any atom is -0.490 e. The van der Waals surface area contributed by atoms with Crippen LogP contribution in [-0.2, 0) is 14.8 Å². The van der Waals surface area contributed by atoms with E-state index in [1.807, 2.05) is 13.8 Å². The molecule has 2 unspecified atom stereocenters. The summed E-state index contributed by atoms with van der Waals surface area (Å²) >= 11 is 0. The average molecular weight is 407 g/mol. The molecule has 3 rings (SSSR count). The first kappa shape index (κ1) is 20.9. The summed E-state index contributed by atoms with van der Waals surface area (Å²) in [4.78, 5) is 11.9. The number of piperidine rings is 1. The maximum absolute atomic E-state index is 13.2. The molecule has 7 heteroatoms. The van der Waals surface area contributed by atoms with Crippen molar-refractivity contribution < 1.29 is 17.9 Å². The Bertz CT molecular complexity index is 788. The van der Waals surface area contributed by atoms with E-state index in [2.05, 4.69) is 11.9 Å². The van der Waals surface area contributed by atoms with Crippen LogP contribution in [0.15, 0.2) is 41.8 Å². The fraction of sp³-hybridized carbons (Fsp3) is 0.571. The number of hydrogen-bond donors (Lipinski definition) is 1. The van der Waals surface area contributed by atoms with E-state index in [0.717, 1.165) is 18.6 Å². The van der Waals surface area contributed by atoms with Crippen molar-refractivity contribution in [3.63, 3.8) is 0 Å². The van der Waals surface area contributed by atoms with Crippen molar-refractivity contribution in [3.05, 3.63) is 36.9 Å². The highest BCUT2D eigenvalue weighted by atomic mass is 32.2. The van der Waals surface area contributed by atoms with Gasteiger partial charge in [0.05, 0.1) is 11.0 Å². The van der Waals surface area contributed by atoms with Gasteiger partial charge in [0.25, 0.3) is 0 Å². The van der Waals surface area contributed by atoms with Crippen molar-refractivity contribution in [1.82, 2.24) is 9.62 Å². The molecule has 0 radical (unpaired) electrons. The zero-order valence-corrected chi connectivity index (χ0v) is 17.5. The lowest BCUT2D eigenvalue weighted by Gasteiger charge is -2.41. The lowest BCUT2D eigenvalue weighted by Crippen LogP contribution is -2.54. The van der Waals surface area contributed by atoms with Gasteiger partial charge in [0.15, 0.2) is 0 Å². The lowest BCUT2D eigenvalue weighted by atomic mass is 9.95. The van der Waals surface area contributed by atoms with Gasteiger partial charge < -0.3 is 10.1 Å². The minimum atomic E-state index is -3.62. The number of nitrogens with zero attached hydrogens (tertiary/aromatic N) is 1. The van der Waals surface area contributed by atoms with Gasteiger partial charge in [-0.1, -0.05) is 6.58 Å². The summed E-state index contributed by atoms with van der Waals surface area (Å²) in [6.07, 6.45) is 7.14. The highest BCUT2D eigenvalue weighted by molar-refractivity contribution is 7.89. The van der Waals surface area contributed by atoms with E-state index in [1.165, 1.54) is 18.9 Å². The summed E-state index contributed by atoms with van der Waals surface area (Å²) in [6, 6.07) is 6.28. The first-order valence-electron chi connectivity index (χ1n) is 10.0. The Morgan fingerprint density at radius 1 is 1.14 bits per heavy atom. The number of amides is 1. The minimum absolute atomic E-state index is 0.0517. The van der Waals surface area contributed by atoms with Gasteiger partial charge in [0.2, 0.25) is 15.9 Å². The predicted molar refractivity (Wildman–Crippen MR) is 109 cm³/mol. The van der Waals surface area contributed by atoms with Crippen molar-refractivity contribution >= 4 is 15.9 Å². The zero-order chi connectivity index (χ0) is 20.3. The van der Waals surface area contributed by atoms with Crippen LogP contribution in [0, 0.1) is 0 Å². The second-order valence-corrected chi connectivity index (χ2v) is 9.75. The molecule has 28 heavy (non-hydrogen) atoms. The van der Waals surface area contributed by atoms with Crippen LogP contribution in [-0.4, -0.2) is 42.9 Å². The summed E-state index contributed by atoms with van der Waals surface area (Å²) in [6.45, 7) is 7.24. The maximum Gasteiger partial charge on any atom is 0.243 e. The molecule has 6 nitrogen and oxygen atoms in total. The molecule has 2 aliphatic rings. The standard InChI is InChI=1S/C21H30N2O4S/c1-4-21(24)22-17-13-15(2)23(16(3)14-17)28(25,26)20-11-9-19(10-12-20)27-18-7-5-6-8-18/h4,9-12,15-18H,1,5-8,13-14H2,2-3H3,(H,22,24). The number of rotatable bonds is 6. The van der Waals surface area contributed by atoms with E-state index in [4.69, 9.17) is 4.74 Å². The van der Waals surface area contributed by atoms with E-state index < -0.39 is 10.0 Å². The van der Waals surface area contributed by atoms with Gasteiger partial charge in [-0.3, -0.25) is 4.79 Å². The second kappa shape index (κ2) is 8.66. The first-order valence-corrected chi connectivity index (χ1v) is 11.5. The van der Waals surface area contributed by atoms with Crippen molar-refractivity contribution in [2.24, 2.45) is 0 Å². The Balaban J connectivity index is 1.71.